The van der Waals surface area contributed by atoms with E-state index in [1.807, 2.05) is 0 Å². The molecule has 8 nitrogen and oxygen atoms in total. The molecule has 3 rings (SSSR count). The molecule has 2 N–H and O–H groups in total. The molecule has 9 heteroatoms. The molecule has 1 aromatic heterocycles. The minimum atomic E-state index is -0.559. The van der Waals surface area contributed by atoms with Gasteiger partial charge in [0.05, 0.1) is 11.5 Å². The van der Waals surface area contributed by atoms with Crippen LogP contribution in [0.1, 0.15) is 16.1 Å². The fraction of sp³-hybridized carbons (Fsp3) is 0.100. The van der Waals surface area contributed by atoms with Gasteiger partial charge in [0, 0.05) is 28.4 Å². The van der Waals surface area contributed by atoms with E-state index >= 15 is 0 Å². The van der Waals surface area contributed by atoms with Crippen molar-refractivity contribution in [3.8, 4) is 11.3 Å². The molecule has 2 amide bonds. The molecule has 0 saturated heterocycles. The van der Waals surface area contributed by atoms with Crippen molar-refractivity contribution in [2.24, 2.45) is 0 Å². The number of furan rings is 1. The number of nitro benzene ring substituents is 1. The van der Waals surface area contributed by atoms with Crippen LogP contribution < -0.4 is 10.6 Å². The number of carbonyl (C=O) groups is 2. The van der Waals surface area contributed by atoms with Crippen LogP contribution in [-0.2, 0) is 4.79 Å². The molecule has 1 heterocycles. The molecule has 0 saturated carbocycles. The lowest BCUT2D eigenvalue weighted by atomic mass is 10.1. The van der Waals surface area contributed by atoms with E-state index in [1.165, 1.54) is 30.3 Å². The first-order valence-corrected chi connectivity index (χ1v) is 8.91. The molecular formula is C20H16ClN3O5. The molecule has 3 aromatic rings. The highest BCUT2D eigenvalue weighted by molar-refractivity contribution is 6.31. The summed E-state index contributed by atoms with van der Waals surface area (Å²) in [7, 11) is 0. The number of nitro groups is 1. The summed E-state index contributed by atoms with van der Waals surface area (Å²) in [5.41, 5.74) is 1.84. The number of carbonyl (C=O) groups excluding carboxylic acids is 2. The lowest BCUT2D eigenvalue weighted by Gasteiger charge is -2.09. The Labute approximate surface area is 170 Å². The van der Waals surface area contributed by atoms with Crippen molar-refractivity contribution in [1.29, 1.82) is 0 Å². The smallest absolute Gasteiger partial charge is 0.287 e. The number of amides is 2. The molecule has 0 unspecified atom stereocenters. The third kappa shape index (κ3) is 4.80. The molecule has 0 aliphatic heterocycles. The van der Waals surface area contributed by atoms with Crippen molar-refractivity contribution in [2.45, 2.75) is 6.92 Å². The summed E-state index contributed by atoms with van der Waals surface area (Å²) in [6.45, 7) is 1.53. The third-order valence-corrected chi connectivity index (χ3v) is 4.55. The van der Waals surface area contributed by atoms with Crippen molar-refractivity contribution in [1.82, 2.24) is 5.32 Å². The van der Waals surface area contributed by atoms with Crippen LogP contribution in [0.3, 0.4) is 0 Å². The van der Waals surface area contributed by atoms with E-state index in [2.05, 4.69) is 10.6 Å². The number of hydrogen-bond donors (Lipinski definition) is 2. The molecule has 0 bridgehead atoms. The van der Waals surface area contributed by atoms with Gasteiger partial charge < -0.3 is 15.1 Å². The zero-order valence-electron chi connectivity index (χ0n) is 15.3. The molecule has 0 spiro atoms. The van der Waals surface area contributed by atoms with Gasteiger partial charge in [0.1, 0.15) is 5.76 Å². The number of hydrogen-bond acceptors (Lipinski definition) is 5. The van der Waals surface area contributed by atoms with Crippen molar-refractivity contribution >= 4 is 34.8 Å². The Bertz CT molecular complexity index is 1080. The second-order valence-electron chi connectivity index (χ2n) is 6.11. The molecule has 29 heavy (non-hydrogen) atoms. The zero-order chi connectivity index (χ0) is 21.0. The molecule has 148 valence electrons. The number of halogens is 1. The number of benzene rings is 2. The highest BCUT2D eigenvalue weighted by Crippen LogP contribution is 2.25. The highest BCUT2D eigenvalue weighted by Gasteiger charge is 2.15. The van der Waals surface area contributed by atoms with Crippen LogP contribution in [0, 0.1) is 17.0 Å². The lowest BCUT2D eigenvalue weighted by molar-refractivity contribution is -0.384. The van der Waals surface area contributed by atoms with Crippen molar-refractivity contribution in [3.05, 3.63) is 81.1 Å². The summed E-state index contributed by atoms with van der Waals surface area (Å²) in [5, 5.41) is 16.4. The first kappa shape index (κ1) is 20.1. The Morgan fingerprint density at radius 2 is 1.83 bits per heavy atom. The van der Waals surface area contributed by atoms with Crippen LogP contribution in [-0.4, -0.2) is 23.3 Å². The molecular weight excluding hydrogens is 398 g/mol. The summed E-state index contributed by atoms with van der Waals surface area (Å²) >= 11 is 6.02. The zero-order valence-corrected chi connectivity index (χ0v) is 16.0. The quantitative estimate of drug-likeness (QED) is 0.464. The molecule has 2 aromatic carbocycles. The molecule has 0 aliphatic rings. The fourth-order valence-electron chi connectivity index (χ4n) is 2.55. The standard InChI is InChI=1S/C20H16ClN3O5/c1-12-15(21)3-2-4-16(12)23-19(25)11-22-20(26)18-10-9-17(29-18)13-5-7-14(8-6-13)24(27)28/h2-10H,11H2,1H3,(H,22,26)(H,23,25). The molecule has 0 atom stereocenters. The monoisotopic (exact) mass is 413 g/mol. The van der Waals surface area contributed by atoms with Crippen LogP contribution in [0.4, 0.5) is 11.4 Å². The Balaban J connectivity index is 1.59. The van der Waals surface area contributed by atoms with Gasteiger partial charge in [-0.15, -0.1) is 0 Å². The minimum Gasteiger partial charge on any atom is -0.451 e. The minimum absolute atomic E-state index is 0.0186. The SMILES string of the molecule is Cc1c(Cl)cccc1NC(=O)CNC(=O)c1ccc(-c2ccc([N+](=O)[O-])cc2)o1. The maximum absolute atomic E-state index is 12.2. The second kappa shape index (κ2) is 8.57. The first-order valence-electron chi connectivity index (χ1n) is 8.53. The van der Waals surface area contributed by atoms with Gasteiger partial charge in [0.25, 0.3) is 11.6 Å². The van der Waals surface area contributed by atoms with E-state index < -0.39 is 16.7 Å². The average molecular weight is 414 g/mol. The largest absolute Gasteiger partial charge is 0.451 e. The normalized spacial score (nSPS) is 10.4. The Morgan fingerprint density at radius 1 is 1.10 bits per heavy atom. The Hall–Kier alpha value is -3.65. The number of anilines is 1. The van der Waals surface area contributed by atoms with Crippen molar-refractivity contribution in [2.75, 3.05) is 11.9 Å². The van der Waals surface area contributed by atoms with E-state index in [9.17, 15) is 19.7 Å². The number of nitrogens with one attached hydrogen (secondary N) is 2. The van der Waals surface area contributed by atoms with E-state index in [0.29, 0.717) is 22.0 Å². The van der Waals surface area contributed by atoms with E-state index in [1.54, 1.807) is 31.2 Å². The van der Waals surface area contributed by atoms with Gasteiger partial charge in [0.15, 0.2) is 5.76 Å². The predicted molar refractivity (Wildman–Crippen MR) is 108 cm³/mol. The maximum Gasteiger partial charge on any atom is 0.287 e. The van der Waals surface area contributed by atoms with Gasteiger partial charge in [-0.3, -0.25) is 19.7 Å². The van der Waals surface area contributed by atoms with Crippen LogP contribution in [0.2, 0.25) is 5.02 Å². The first-order chi connectivity index (χ1) is 13.8. The van der Waals surface area contributed by atoms with Gasteiger partial charge in [-0.25, -0.2) is 0 Å². The van der Waals surface area contributed by atoms with Gasteiger partial charge in [0.2, 0.25) is 5.91 Å². The maximum atomic E-state index is 12.2. The summed E-state index contributed by atoms with van der Waals surface area (Å²) in [5.74, 6) is -0.573. The molecule has 0 radical (unpaired) electrons. The van der Waals surface area contributed by atoms with E-state index in [4.69, 9.17) is 16.0 Å². The summed E-state index contributed by atoms with van der Waals surface area (Å²) in [6.07, 6.45) is 0. The summed E-state index contributed by atoms with van der Waals surface area (Å²) in [4.78, 5) is 34.5. The third-order valence-electron chi connectivity index (χ3n) is 4.14. The van der Waals surface area contributed by atoms with Crippen molar-refractivity contribution in [3.63, 3.8) is 0 Å². The summed E-state index contributed by atoms with van der Waals surface area (Å²) < 4.78 is 5.49. The average Bonchev–Trinajstić information content (AvgIpc) is 3.20. The predicted octanol–water partition coefficient (Wildman–Crippen LogP) is 4.19. The van der Waals surface area contributed by atoms with Crippen LogP contribution in [0.15, 0.2) is 59.0 Å². The number of rotatable bonds is 6. The second-order valence-corrected chi connectivity index (χ2v) is 6.52. The molecule has 0 fully saturated rings. The van der Waals surface area contributed by atoms with Crippen LogP contribution in [0.5, 0.6) is 0 Å². The highest BCUT2D eigenvalue weighted by atomic mass is 35.5. The fourth-order valence-corrected chi connectivity index (χ4v) is 2.72. The van der Waals surface area contributed by atoms with Gasteiger partial charge in [-0.2, -0.15) is 0 Å². The van der Waals surface area contributed by atoms with E-state index in [0.717, 1.165) is 5.56 Å². The topological polar surface area (TPSA) is 114 Å². The Kier molecular flexibility index (Phi) is 5.94. The van der Waals surface area contributed by atoms with Gasteiger partial charge in [-0.05, 0) is 48.9 Å². The lowest BCUT2D eigenvalue weighted by Crippen LogP contribution is -2.32. The molecule has 0 aliphatic carbocycles. The number of nitrogens with zero attached hydrogens (tertiary/aromatic N) is 1. The van der Waals surface area contributed by atoms with Crippen LogP contribution >= 0.6 is 11.6 Å². The van der Waals surface area contributed by atoms with Crippen LogP contribution in [0.25, 0.3) is 11.3 Å². The van der Waals surface area contributed by atoms with Crippen molar-refractivity contribution < 1.29 is 18.9 Å². The van der Waals surface area contributed by atoms with E-state index in [-0.39, 0.29) is 18.0 Å². The van der Waals surface area contributed by atoms with Gasteiger partial charge in [-0.1, -0.05) is 17.7 Å². The summed E-state index contributed by atoms with van der Waals surface area (Å²) in [6, 6.07) is 13.9. The number of non-ortho nitro benzene ring substituents is 1. The van der Waals surface area contributed by atoms with Gasteiger partial charge >= 0.3 is 0 Å². The Morgan fingerprint density at radius 3 is 2.52 bits per heavy atom.